The normalized spacial score (nSPS) is 25.2. The molecule has 0 amide bonds. The second kappa shape index (κ2) is 5.99. The summed E-state index contributed by atoms with van der Waals surface area (Å²) in [7, 11) is 1.63. The van der Waals surface area contributed by atoms with Gasteiger partial charge in [-0.3, -0.25) is 0 Å². The van der Waals surface area contributed by atoms with E-state index in [0.29, 0.717) is 19.8 Å². The van der Waals surface area contributed by atoms with Crippen LogP contribution in [0.1, 0.15) is 27.7 Å². The Kier molecular flexibility index (Phi) is 5.13. The maximum absolute atomic E-state index is 11.9. The zero-order valence-electron chi connectivity index (χ0n) is 12.1. The Labute approximate surface area is 109 Å². The van der Waals surface area contributed by atoms with Gasteiger partial charge in [0.15, 0.2) is 11.8 Å². The quantitative estimate of drug-likeness (QED) is 0.302. The van der Waals surface area contributed by atoms with Gasteiger partial charge in [0.25, 0.3) is 0 Å². The van der Waals surface area contributed by atoms with Crippen LogP contribution < -0.4 is 0 Å². The Morgan fingerprint density at radius 1 is 1.17 bits per heavy atom. The zero-order chi connectivity index (χ0) is 13.8. The highest BCUT2D eigenvalue weighted by Crippen LogP contribution is 2.40. The monoisotopic (exact) mass is 259 g/mol. The highest BCUT2D eigenvalue weighted by Gasteiger charge is 2.52. The summed E-state index contributed by atoms with van der Waals surface area (Å²) in [5.41, 5.74) is -0.589. The summed E-state index contributed by atoms with van der Waals surface area (Å²) in [5.74, 6) is 0.147. The fraction of sp³-hybridized carbons (Fsp3) is 0.923. The Balaban J connectivity index is 2.38. The number of hydroxylamine groups is 1. The first-order valence-corrected chi connectivity index (χ1v) is 6.29. The molecular weight excluding hydrogens is 234 g/mol. The van der Waals surface area contributed by atoms with Gasteiger partial charge in [0.05, 0.1) is 31.2 Å². The Hall–Kier alpha value is -0.650. The van der Waals surface area contributed by atoms with Crippen LogP contribution in [-0.4, -0.2) is 50.2 Å². The van der Waals surface area contributed by atoms with E-state index < -0.39 is 5.54 Å². The summed E-state index contributed by atoms with van der Waals surface area (Å²) in [5, 5.41) is 11.9. The molecule has 5 heteroatoms. The van der Waals surface area contributed by atoms with E-state index in [1.165, 1.54) is 0 Å². The van der Waals surface area contributed by atoms with Gasteiger partial charge in [0.1, 0.15) is 6.79 Å². The van der Waals surface area contributed by atoms with Crippen molar-refractivity contribution in [1.29, 1.82) is 0 Å². The molecule has 1 aliphatic heterocycles. The smallest absolute Gasteiger partial charge is 0.173 e. The molecule has 0 aromatic rings. The molecule has 5 nitrogen and oxygen atoms in total. The van der Waals surface area contributed by atoms with Crippen LogP contribution in [0, 0.1) is 16.5 Å². The van der Waals surface area contributed by atoms with Crippen molar-refractivity contribution in [3.05, 3.63) is 5.21 Å². The maximum Gasteiger partial charge on any atom is 0.173 e. The number of hydrogen-bond acceptors (Lipinski definition) is 4. The summed E-state index contributed by atoms with van der Waals surface area (Å²) in [4.78, 5) is 0. The highest BCUT2D eigenvalue weighted by molar-refractivity contribution is 5.63. The van der Waals surface area contributed by atoms with Crippen LogP contribution in [-0.2, 0) is 14.2 Å². The van der Waals surface area contributed by atoms with Crippen LogP contribution >= 0.6 is 0 Å². The topological polar surface area (TPSA) is 53.8 Å². The van der Waals surface area contributed by atoms with Crippen LogP contribution in [0.25, 0.3) is 0 Å². The SMILES string of the molecule is COCCOCOCC1C(C)(C)C=[N+]([O-])C1(C)C. The van der Waals surface area contributed by atoms with Gasteiger partial charge in [-0.05, 0) is 13.8 Å². The van der Waals surface area contributed by atoms with Crippen LogP contribution in [0.5, 0.6) is 0 Å². The molecule has 0 saturated carbocycles. The molecule has 0 radical (unpaired) electrons. The zero-order valence-corrected chi connectivity index (χ0v) is 12.1. The van der Waals surface area contributed by atoms with Crippen LogP contribution in [0.15, 0.2) is 0 Å². The van der Waals surface area contributed by atoms with Crippen molar-refractivity contribution in [2.75, 3.05) is 33.7 Å². The van der Waals surface area contributed by atoms with Crippen molar-refractivity contribution in [1.82, 2.24) is 0 Å². The second-order valence-corrected chi connectivity index (χ2v) is 5.87. The molecule has 1 unspecified atom stereocenters. The Morgan fingerprint density at radius 2 is 1.83 bits per heavy atom. The van der Waals surface area contributed by atoms with E-state index >= 15 is 0 Å². The molecule has 0 N–H and O–H groups in total. The van der Waals surface area contributed by atoms with E-state index in [9.17, 15) is 5.21 Å². The van der Waals surface area contributed by atoms with Crippen molar-refractivity contribution in [2.45, 2.75) is 33.2 Å². The van der Waals surface area contributed by atoms with Crippen LogP contribution in [0.3, 0.4) is 0 Å². The summed E-state index contributed by atoms with van der Waals surface area (Å²) >= 11 is 0. The largest absolute Gasteiger partial charge is 0.624 e. The minimum atomic E-state index is -0.434. The molecule has 18 heavy (non-hydrogen) atoms. The fourth-order valence-corrected chi connectivity index (χ4v) is 2.47. The first-order chi connectivity index (χ1) is 8.32. The summed E-state index contributed by atoms with van der Waals surface area (Å²) in [6, 6.07) is 0. The molecule has 0 saturated heterocycles. The molecule has 1 aliphatic rings. The third-order valence-electron chi connectivity index (χ3n) is 3.65. The van der Waals surface area contributed by atoms with Gasteiger partial charge in [-0.1, -0.05) is 0 Å². The number of hydrogen-bond donors (Lipinski definition) is 0. The molecule has 0 fully saturated rings. The van der Waals surface area contributed by atoms with Gasteiger partial charge < -0.3 is 19.4 Å². The molecule has 0 bridgehead atoms. The lowest BCUT2D eigenvalue weighted by molar-refractivity contribution is -0.537. The van der Waals surface area contributed by atoms with Crippen LogP contribution in [0.4, 0.5) is 0 Å². The first kappa shape index (κ1) is 15.4. The van der Waals surface area contributed by atoms with Gasteiger partial charge in [-0.2, -0.15) is 0 Å². The van der Waals surface area contributed by atoms with Crippen molar-refractivity contribution < 1.29 is 18.9 Å². The average Bonchev–Trinajstić information content (AvgIpc) is 2.40. The lowest BCUT2D eigenvalue weighted by Gasteiger charge is -2.31. The first-order valence-electron chi connectivity index (χ1n) is 6.29. The number of ether oxygens (including phenoxy) is 3. The average molecular weight is 259 g/mol. The van der Waals surface area contributed by atoms with E-state index in [-0.39, 0.29) is 18.1 Å². The lowest BCUT2D eigenvalue weighted by atomic mass is 9.73. The number of rotatable bonds is 7. The van der Waals surface area contributed by atoms with E-state index in [1.54, 1.807) is 13.3 Å². The third kappa shape index (κ3) is 3.43. The maximum atomic E-state index is 11.9. The molecule has 1 atom stereocenters. The van der Waals surface area contributed by atoms with Crippen LogP contribution in [0.2, 0.25) is 0 Å². The van der Waals surface area contributed by atoms with Gasteiger partial charge >= 0.3 is 0 Å². The molecule has 1 rings (SSSR count). The van der Waals surface area contributed by atoms with Gasteiger partial charge in [0, 0.05) is 21.0 Å². The molecule has 0 spiro atoms. The number of nitrogens with zero attached hydrogens (tertiary/aromatic N) is 1. The fourth-order valence-electron chi connectivity index (χ4n) is 2.47. The summed E-state index contributed by atoms with van der Waals surface area (Å²) in [6.07, 6.45) is 1.74. The van der Waals surface area contributed by atoms with Crippen molar-refractivity contribution in [2.24, 2.45) is 11.3 Å². The molecular formula is C13H25NO4. The minimum absolute atomic E-state index is 0.147. The van der Waals surface area contributed by atoms with E-state index in [2.05, 4.69) is 13.8 Å². The second-order valence-electron chi connectivity index (χ2n) is 5.87. The van der Waals surface area contributed by atoms with Gasteiger partial charge in [-0.25, -0.2) is 4.74 Å². The number of methoxy groups -OCH3 is 1. The predicted molar refractivity (Wildman–Crippen MR) is 69.7 cm³/mol. The van der Waals surface area contributed by atoms with Crippen molar-refractivity contribution in [3.8, 4) is 0 Å². The lowest BCUT2D eigenvalue weighted by Crippen LogP contribution is -2.42. The third-order valence-corrected chi connectivity index (χ3v) is 3.65. The van der Waals surface area contributed by atoms with Crippen molar-refractivity contribution >= 4 is 6.21 Å². The van der Waals surface area contributed by atoms with Crippen molar-refractivity contribution in [3.63, 3.8) is 0 Å². The highest BCUT2D eigenvalue weighted by atomic mass is 16.7. The van der Waals surface area contributed by atoms with E-state index in [4.69, 9.17) is 14.2 Å². The predicted octanol–water partition coefficient (Wildman–Crippen LogP) is 1.64. The van der Waals surface area contributed by atoms with Gasteiger partial charge in [0.2, 0.25) is 0 Å². The summed E-state index contributed by atoms with van der Waals surface area (Å²) < 4.78 is 16.7. The molecule has 106 valence electrons. The standard InChI is InChI=1S/C13H25NO4/c1-12(2)9-14(15)13(3,4)11(12)8-18-10-17-7-6-16-5/h9,11H,6-8,10H2,1-5H3. The minimum Gasteiger partial charge on any atom is -0.624 e. The van der Waals surface area contributed by atoms with E-state index in [0.717, 1.165) is 4.74 Å². The van der Waals surface area contributed by atoms with Gasteiger partial charge in [-0.15, -0.1) is 0 Å². The van der Waals surface area contributed by atoms with E-state index in [1.807, 2.05) is 13.8 Å². The summed E-state index contributed by atoms with van der Waals surface area (Å²) in [6.45, 7) is 9.86. The Morgan fingerprint density at radius 3 is 2.33 bits per heavy atom. The Bertz CT molecular complexity index is 299. The molecule has 0 aromatic carbocycles. The molecule has 1 heterocycles. The molecule has 0 aromatic heterocycles. The molecule has 0 aliphatic carbocycles.